The van der Waals surface area contributed by atoms with E-state index in [9.17, 15) is 29.5 Å². The van der Waals surface area contributed by atoms with Crippen LogP contribution in [0.1, 0.15) is 162 Å². The van der Waals surface area contributed by atoms with Crippen molar-refractivity contribution in [3.63, 3.8) is 0 Å². The van der Waals surface area contributed by atoms with Crippen LogP contribution in [0.25, 0.3) is 0 Å². The molecule has 0 aromatic carbocycles. The Morgan fingerprint density at radius 3 is 2.09 bits per heavy atom. The first-order chi connectivity index (χ1) is 25.3. The third-order valence-electron chi connectivity index (χ3n) is 9.81. The lowest BCUT2D eigenvalue weighted by atomic mass is 9.87. The fourth-order valence-electron chi connectivity index (χ4n) is 6.27. The normalized spacial score (nSPS) is 21.2. The standard InChI is InChI=1S/C40H73O12P/c1-4-6-17-23-33(41)27-28-37-35(36(42)29-40(45)52-37)24-19-15-16-20-25-38(43)49-30-34(31-50-53(46,47)48)51-39(44)26-21-14-12-10-8-7-9-11-13-18-22-32(3)5-2/h15,19,27-28,32-37,40-42,45H,4-14,16-18,20-26,29-31H2,1-3H3,(H2,46,47,48)/b19-15-,28-27+/t32?,33-,34+,35-,36-,37+,40?/m0/s1. The van der Waals surface area contributed by atoms with Gasteiger partial charge in [0.15, 0.2) is 12.4 Å². The van der Waals surface area contributed by atoms with Crippen LogP contribution in [-0.2, 0) is 32.9 Å². The van der Waals surface area contributed by atoms with E-state index in [1.165, 1.54) is 51.4 Å². The lowest BCUT2D eigenvalue weighted by Gasteiger charge is -2.36. The minimum absolute atomic E-state index is 0.0746. The molecule has 2 unspecified atom stereocenters. The summed E-state index contributed by atoms with van der Waals surface area (Å²) in [6, 6.07) is 0. The summed E-state index contributed by atoms with van der Waals surface area (Å²) in [6.45, 7) is 5.67. The third-order valence-corrected chi connectivity index (χ3v) is 10.3. The summed E-state index contributed by atoms with van der Waals surface area (Å²) in [5.74, 6) is -0.557. The monoisotopic (exact) mass is 776 g/mol. The number of rotatable bonds is 32. The van der Waals surface area contributed by atoms with Crippen LogP contribution in [-0.4, -0.2) is 81.0 Å². The van der Waals surface area contributed by atoms with Gasteiger partial charge in [0, 0.05) is 25.2 Å². The Morgan fingerprint density at radius 2 is 1.45 bits per heavy atom. The molecule has 7 atom stereocenters. The van der Waals surface area contributed by atoms with Gasteiger partial charge >= 0.3 is 19.8 Å². The number of ether oxygens (including phenoxy) is 3. The van der Waals surface area contributed by atoms with Gasteiger partial charge in [0.05, 0.1) is 24.9 Å². The molecule has 1 rings (SSSR count). The molecule has 0 aromatic heterocycles. The molecule has 0 aromatic rings. The van der Waals surface area contributed by atoms with E-state index in [-0.39, 0.29) is 31.8 Å². The summed E-state index contributed by atoms with van der Waals surface area (Å²) in [7, 11) is -4.82. The van der Waals surface area contributed by atoms with Gasteiger partial charge in [0.1, 0.15) is 6.61 Å². The van der Waals surface area contributed by atoms with Crippen molar-refractivity contribution in [2.45, 2.75) is 193 Å². The maximum Gasteiger partial charge on any atom is 0.469 e. The van der Waals surface area contributed by atoms with Gasteiger partial charge in [-0.2, -0.15) is 0 Å². The van der Waals surface area contributed by atoms with Gasteiger partial charge in [-0.25, -0.2) is 4.57 Å². The lowest BCUT2D eigenvalue weighted by Crippen LogP contribution is -2.43. The van der Waals surface area contributed by atoms with Crippen LogP contribution in [0.15, 0.2) is 24.3 Å². The molecule has 1 aliphatic heterocycles. The minimum atomic E-state index is -4.82. The van der Waals surface area contributed by atoms with E-state index < -0.39 is 57.1 Å². The Balaban J connectivity index is 2.35. The maximum atomic E-state index is 12.4. The highest BCUT2D eigenvalue weighted by molar-refractivity contribution is 7.46. The second kappa shape index (κ2) is 30.6. The SMILES string of the molecule is CCCCC[C@H](O)/C=C/[C@H]1OC(O)C[C@H](O)[C@@H]1C/C=C\CCCC(=O)OC[C@H](COP(=O)(O)O)OC(=O)CCCCCCCCCCCCC(C)CC. The summed E-state index contributed by atoms with van der Waals surface area (Å²) >= 11 is 0. The van der Waals surface area contributed by atoms with Crippen molar-refractivity contribution >= 4 is 19.8 Å². The molecule has 1 saturated heterocycles. The summed E-state index contributed by atoms with van der Waals surface area (Å²) < 4.78 is 32.0. The number of phosphoric ester groups is 1. The molecule has 13 heteroatoms. The fraction of sp³-hybridized carbons (Fsp3) is 0.850. The van der Waals surface area contributed by atoms with Gasteiger partial charge in [0.2, 0.25) is 0 Å². The molecule has 53 heavy (non-hydrogen) atoms. The van der Waals surface area contributed by atoms with E-state index >= 15 is 0 Å². The molecule has 1 heterocycles. The number of carbonyl (C=O) groups is 2. The Labute approximate surface area is 319 Å². The quantitative estimate of drug-likeness (QED) is 0.0192. The summed E-state index contributed by atoms with van der Waals surface area (Å²) in [6.07, 6.45) is 22.4. The van der Waals surface area contributed by atoms with Crippen LogP contribution in [0.4, 0.5) is 0 Å². The van der Waals surface area contributed by atoms with Crippen molar-refractivity contribution in [2.24, 2.45) is 11.8 Å². The average molecular weight is 777 g/mol. The zero-order valence-electron chi connectivity index (χ0n) is 32.9. The number of hydrogen-bond acceptors (Lipinski definition) is 10. The third kappa shape index (κ3) is 27.6. The molecule has 0 radical (unpaired) electrons. The fourth-order valence-corrected chi connectivity index (χ4v) is 6.63. The van der Waals surface area contributed by atoms with Crippen LogP contribution < -0.4 is 0 Å². The summed E-state index contributed by atoms with van der Waals surface area (Å²) in [5.41, 5.74) is 0. The van der Waals surface area contributed by atoms with Gasteiger partial charge in [-0.05, 0) is 38.0 Å². The molecule has 0 bridgehead atoms. The molecular formula is C40H73O12P. The van der Waals surface area contributed by atoms with Crippen LogP contribution in [0.3, 0.4) is 0 Å². The molecule has 0 spiro atoms. The van der Waals surface area contributed by atoms with E-state index in [0.717, 1.165) is 44.4 Å². The van der Waals surface area contributed by atoms with Crippen LogP contribution in [0.5, 0.6) is 0 Å². The lowest BCUT2D eigenvalue weighted by molar-refractivity contribution is -0.199. The average Bonchev–Trinajstić information content (AvgIpc) is 3.10. The van der Waals surface area contributed by atoms with Gasteiger partial charge in [0.25, 0.3) is 0 Å². The number of allylic oxidation sites excluding steroid dienone is 2. The van der Waals surface area contributed by atoms with Crippen molar-refractivity contribution in [2.75, 3.05) is 13.2 Å². The maximum absolute atomic E-state index is 12.4. The van der Waals surface area contributed by atoms with Gasteiger partial charge in [-0.3, -0.25) is 14.1 Å². The zero-order chi connectivity index (χ0) is 39.3. The van der Waals surface area contributed by atoms with Crippen molar-refractivity contribution in [3.8, 4) is 0 Å². The minimum Gasteiger partial charge on any atom is -0.462 e. The smallest absolute Gasteiger partial charge is 0.462 e. The van der Waals surface area contributed by atoms with Gasteiger partial charge in [-0.15, -0.1) is 0 Å². The molecule has 310 valence electrons. The predicted octanol–water partition coefficient (Wildman–Crippen LogP) is 7.98. The Hall–Kier alpha value is -1.63. The highest BCUT2D eigenvalue weighted by atomic mass is 31.2. The van der Waals surface area contributed by atoms with Gasteiger partial charge < -0.3 is 39.3 Å². The van der Waals surface area contributed by atoms with E-state index in [0.29, 0.717) is 32.1 Å². The van der Waals surface area contributed by atoms with Crippen molar-refractivity contribution in [1.82, 2.24) is 0 Å². The number of phosphoric acid groups is 1. The highest BCUT2D eigenvalue weighted by Gasteiger charge is 2.35. The van der Waals surface area contributed by atoms with Gasteiger partial charge in [-0.1, -0.05) is 135 Å². The summed E-state index contributed by atoms with van der Waals surface area (Å²) in [5, 5.41) is 30.8. The topological polar surface area (TPSA) is 189 Å². The predicted molar refractivity (Wildman–Crippen MR) is 206 cm³/mol. The first kappa shape index (κ1) is 49.4. The molecule has 1 fully saturated rings. The van der Waals surface area contributed by atoms with Crippen molar-refractivity contribution in [1.29, 1.82) is 0 Å². The zero-order valence-corrected chi connectivity index (χ0v) is 33.8. The molecular weight excluding hydrogens is 703 g/mol. The number of aliphatic hydroxyl groups excluding tert-OH is 3. The molecule has 12 nitrogen and oxygen atoms in total. The Bertz CT molecular complexity index is 1050. The first-order valence-corrected chi connectivity index (χ1v) is 22.0. The van der Waals surface area contributed by atoms with E-state index in [1.807, 2.05) is 12.2 Å². The highest BCUT2D eigenvalue weighted by Crippen LogP contribution is 2.36. The number of unbranched alkanes of at least 4 members (excludes halogenated alkanes) is 12. The number of hydrogen-bond donors (Lipinski definition) is 5. The van der Waals surface area contributed by atoms with Crippen LogP contribution >= 0.6 is 7.82 Å². The molecule has 0 saturated carbocycles. The van der Waals surface area contributed by atoms with E-state index in [2.05, 4.69) is 25.3 Å². The van der Waals surface area contributed by atoms with Crippen LogP contribution in [0.2, 0.25) is 0 Å². The second-order valence-electron chi connectivity index (χ2n) is 14.7. The second-order valence-corrected chi connectivity index (χ2v) is 16.0. The molecule has 0 amide bonds. The largest absolute Gasteiger partial charge is 0.469 e. The van der Waals surface area contributed by atoms with Crippen LogP contribution in [0, 0.1) is 11.8 Å². The molecule has 0 aliphatic carbocycles. The van der Waals surface area contributed by atoms with Crippen molar-refractivity contribution < 1.29 is 58.0 Å². The van der Waals surface area contributed by atoms with Crippen molar-refractivity contribution in [3.05, 3.63) is 24.3 Å². The molecule has 5 N–H and O–H groups in total. The summed E-state index contributed by atoms with van der Waals surface area (Å²) in [4.78, 5) is 43.0. The van der Waals surface area contributed by atoms with E-state index in [4.69, 9.17) is 24.0 Å². The number of carbonyl (C=O) groups excluding carboxylic acids is 2. The van der Waals surface area contributed by atoms with E-state index in [1.54, 1.807) is 12.2 Å². The first-order valence-electron chi connectivity index (χ1n) is 20.4. The molecule has 1 aliphatic rings. The Kier molecular flexibility index (Phi) is 28.5. The number of aliphatic hydroxyl groups is 3. The Morgan fingerprint density at radius 1 is 0.830 bits per heavy atom. The number of esters is 2.